The van der Waals surface area contributed by atoms with E-state index in [1.54, 1.807) is 0 Å². The molecular weight excluding hydrogens is 210 g/mol. The van der Waals surface area contributed by atoms with Gasteiger partial charge in [0.25, 0.3) is 0 Å². The highest BCUT2D eigenvalue weighted by molar-refractivity contribution is 5.39. The second-order valence-corrected chi connectivity index (χ2v) is 4.81. The lowest BCUT2D eigenvalue weighted by Crippen LogP contribution is -2.28. The fourth-order valence-corrected chi connectivity index (χ4v) is 2.53. The van der Waals surface area contributed by atoms with E-state index in [1.165, 1.54) is 16.7 Å². The van der Waals surface area contributed by atoms with Gasteiger partial charge in [-0.15, -0.1) is 0 Å². The average Bonchev–Trinajstić information content (AvgIpc) is 2.24. The van der Waals surface area contributed by atoms with Gasteiger partial charge in [0.05, 0.1) is 6.10 Å². The summed E-state index contributed by atoms with van der Waals surface area (Å²) in [7, 11) is 0. The topological polar surface area (TPSA) is 23.5 Å². The number of aryl methyl sites for hydroxylation is 3. The number of likely N-dealkylation sites (N-methyl/N-ethyl adjacent to an activating group) is 1. The van der Waals surface area contributed by atoms with E-state index < -0.39 is 0 Å². The summed E-state index contributed by atoms with van der Waals surface area (Å²) < 4.78 is 0. The molecule has 1 aromatic rings. The van der Waals surface area contributed by atoms with E-state index in [0.717, 1.165) is 25.2 Å². The van der Waals surface area contributed by atoms with E-state index in [-0.39, 0.29) is 6.10 Å². The van der Waals surface area contributed by atoms with Gasteiger partial charge in [-0.2, -0.15) is 0 Å². The van der Waals surface area contributed by atoms with Gasteiger partial charge in [0.2, 0.25) is 0 Å². The Labute approximate surface area is 105 Å². The van der Waals surface area contributed by atoms with Crippen LogP contribution in [-0.2, 0) is 0 Å². The Morgan fingerprint density at radius 1 is 1.06 bits per heavy atom. The zero-order chi connectivity index (χ0) is 13.0. The molecule has 0 aliphatic carbocycles. The van der Waals surface area contributed by atoms with Crippen LogP contribution in [0.15, 0.2) is 12.1 Å². The number of aliphatic hydroxyl groups is 1. The predicted molar refractivity (Wildman–Crippen MR) is 73.4 cm³/mol. The molecule has 0 saturated heterocycles. The van der Waals surface area contributed by atoms with Crippen LogP contribution in [0.1, 0.15) is 42.2 Å². The van der Waals surface area contributed by atoms with E-state index in [0.29, 0.717) is 0 Å². The van der Waals surface area contributed by atoms with Crippen LogP contribution in [0.25, 0.3) is 0 Å². The number of benzene rings is 1. The first-order valence-electron chi connectivity index (χ1n) is 6.47. The van der Waals surface area contributed by atoms with Crippen molar-refractivity contribution in [3.8, 4) is 0 Å². The summed E-state index contributed by atoms with van der Waals surface area (Å²) in [5.41, 5.74) is 4.76. The number of nitrogens with zero attached hydrogens (tertiary/aromatic N) is 1. The summed E-state index contributed by atoms with van der Waals surface area (Å²) >= 11 is 0. The van der Waals surface area contributed by atoms with Crippen LogP contribution in [0.3, 0.4) is 0 Å². The van der Waals surface area contributed by atoms with Gasteiger partial charge >= 0.3 is 0 Å². The Hall–Kier alpha value is -0.860. The third-order valence-electron chi connectivity index (χ3n) is 3.40. The van der Waals surface area contributed by atoms with E-state index >= 15 is 0 Å². The fraction of sp³-hybridized carbons (Fsp3) is 0.600. The van der Waals surface area contributed by atoms with E-state index in [4.69, 9.17) is 0 Å². The SMILES string of the molecule is CCN(CC)CC(O)c1c(C)cc(C)cc1C. The number of aliphatic hydroxyl groups excluding tert-OH is 1. The van der Waals surface area contributed by atoms with E-state index in [2.05, 4.69) is 51.7 Å². The first-order chi connectivity index (χ1) is 7.99. The minimum absolute atomic E-state index is 0.379. The molecule has 96 valence electrons. The molecule has 17 heavy (non-hydrogen) atoms. The Kier molecular flexibility index (Phi) is 5.16. The van der Waals surface area contributed by atoms with E-state index in [9.17, 15) is 5.11 Å². The zero-order valence-corrected chi connectivity index (χ0v) is 11.7. The normalized spacial score (nSPS) is 13.1. The molecule has 1 rings (SSSR count). The lowest BCUT2D eigenvalue weighted by molar-refractivity contribution is 0.118. The molecule has 1 aromatic carbocycles. The molecular formula is C15H25NO. The first kappa shape index (κ1) is 14.2. The van der Waals surface area contributed by atoms with Crippen molar-refractivity contribution in [2.45, 2.75) is 40.7 Å². The standard InChI is InChI=1S/C15H25NO/c1-6-16(7-2)10-14(17)15-12(4)8-11(3)9-13(15)5/h8-9,14,17H,6-7,10H2,1-5H3. The molecule has 0 saturated carbocycles. The van der Waals surface area contributed by atoms with Crippen molar-refractivity contribution in [1.82, 2.24) is 4.90 Å². The number of hydrogen-bond donors (Lipinski definition) is 1. The van der Waals surface area contributed by atoms with E-state index in [1.807, 2.05) is 0 Å². The van der Waals surface area contributed by atoms with Gasteiger partial charge in [-0.3, -0.25) is 0 Å². The van der Waals surface area contributed by atoms with Crippen LogP contribution < -0.4 is 0 Å². The zero-order valence-electron chi connectivity index (χ0n) is 11.7. The molecule has 2 nitrogen and oxygen atoms in total. The second kappa shape index (κ2) is 6.18. The van der Waals surface area contributed by atoms with Crippen molar-refractivity contribution in [2.75, 3.05) is 19.6 Å². The Morgan fingerprint density at radius 2 is 1.53 bits per heavy atom. The Morgan fingerprint density at radius 3 is 1.94 bits per heavy atom. The Bertz CT molecular complexity index is 346. The maximum Gasteiger partial charge on any atom is 0.0922 e. The molecule has 0 bridgehead atoms. The number of hydrogen-bond acceptors (Lipinski definition) is 2. The van der Waals surface area contributed by atoms with Crippen molar-refractivity contribution >= 4 is 0 Å². The quantitative estimate of drug-likeness (QED) is 0.848. The molecule has 0 aliphatic heterocycles. The Balaban J connectivity index is 2.92. The van der Waals surface area contributed by atoms with Crippen LogP contribution in [0.2, 0.25) is 0 Å². The minimum atomic E-state index is -0.379. The highest BCUT2D eigenvalue weighted by Gasteiger charge is 2.15. The van der Waals surface area contributed by atoms with Crippen molar-refractivity contribution in [2.24, 2.45) is 0 Å². The maximum atomic E-state index is 10.4. The van der Waals surface area contributed by atoms with Crippen molar-refractivity contribution in [3.05, 3.63) is 34.4 Å². The summed E-state index contributed by atoms with van der Waals surface area (Å²) in [6.07, 6.45) is -0.379. The molecule has 1 N–H and O–H groups in total. The minimum Gasteiger partial charge on any atom is -0.387 e. The summed E-state index contributed by atoms with van der Waals surface area (Å²) in [5.74, 6) is 0. The predicted octanol–water partition coefficient (Wildman–Crippen LogP) is 2.99. The molecule has 0 aromatic heterocycles. The number of rotatable bonds is 5. The third-order valence-corrected chi connectivity index (χ3v) is 3.40. The molecule has 0 aliphatic rings. The molecule has 0 radical (unpaired) electrons. The van der Waals surface area contributed by atoms with Gasteiger partial charge in [0.1, 0.15) is 0 Å². The molecule has 2 heteroatoms. The van der Waals surface area contributed by atoms with Crippen molar-refractivity contribution in [3.63, 3.8) is 0 Å². The van der Waals surface area contributed by atoms with Gasteiger partial charge in [-0.25, -0.2) is 0 Å². The van der Waals surface area contributed by atoms with Crippen LogP contribution in [0, 0.1) is 20.8 Å². The average molecular weight is 235 g/mol. The first-order valence-corrected chi connectivity index (χ1v) is 6.47. The molecule has 0 heterocycles. The summed E-state index contributed by atoms with van der Waals surface area (Å²) in [4.78, 5) is 2.25. The highest BCUT2D eigenvalue weighted by Crippen LogP contribution is 2.24. The second-order valence-electron chi connectivity index (χ2n) is 4.81. The van der Waals surface area contributed by atoms with Gasteiger partial charge in [-0.1, -0.05) is 31.5 Å². The smallest absolute Gasteiger partial charge is 0.0922 e. The summed E-state index contributed by atoms with van der Waals surface area (Å²) in [5, 5.41) is 10.4. The van der Waals surface area contributed by atoms with Gasteiger partial charge in [-0.05, 0) is 50.6 Å². The molecule has 0 spiro atoms. The van der Waals surface area contributed by atoms with Crippen LogP contribution >= 0.6 is 0 Å². The summed E-state index contributed by atoms with van der Waals surface area (Å²) in [6, 6.07) is 4.29. The highest BCUT2D eigenvalue weighted by atomic mass is 16.3. The largest absolute Gasteiger partial charge is 0.387 e. The maximum absolute atomic E-state index is 10.4. The van der Waals surface area contributed by atoms with Crippen molar-refractivity contribution < 1.29 is 5.11 Å². The lowest BCUT2D eigenvalue weighted by atomic mass is 9.95. The molecule has 0 amide bonds. The van der Waals surface area contributed by atoms with Gasteiger partial charge < -0.3 is 10.0 Å². The van der Waals surface area contributed by atoms with Crippen molar-refractivity contribution in [1.29, 1.82) is 0 Å². The van der Waals surface area contributed by atoms with Gasteiger partial charge in [0.15, 0.2) is 0 Å². The monoisotopic (exact) mass is 235 g/mol. The van der Waals surface area contributed by atoms with Crippen LogP contribution in [-0.4, -0.2) is 29.6 Å². The lowest BCUT2D eigenvalue weighted by Gasteiger charge is -2.24. The molecule has 0 fully saturated rings. The summed E-state index contributed by atoms with van der Waals surface area (Å²) in [6.45, 7) is 13.2. The molecule has 1 unspecified atom stereocenters. The fourth-order valence-electron chi connectivity index (χ4n) is 2.53. The van der Waals surface area contributed by atoms with Gasteiger partial charge in [0, 0.05) is 6.54 Å². The van der Waals surface area contributed by atoms with Crippen LogP contribution in [0.4, 0.5) is 0 Å². The van der Waals surface area contributed by atoms with Crippen LogP contribution in [0.5, 0.6) is 0 Å². The third kappa shape index (κ3) is 3.55. The molecule has 1 atom stereocenters.